The van der Waals surface area contributed by atoms with Gasteiger partial charge in [-0.1, -0.05) is 36.4 Å². The van der Waals surface area contributed by atoms with E-state index in [1.165, 1.54) is 12.0 Å². The fourth-order valence-corrected chi connectivity index (χ4v) is 3.71. The highest BCUT2D eigenvalue weighted by atomic mass is 16.5. The Morgan fingerprint density at radius 1 is 1.17 bits per heavy atom. The van der Waals surface area contributed by atoms with Crippen LogP contribution in [-0.2, 0) is 27.3 Å². The number of para-hydroxylation sites is 1. The molecular weight excluding hydrogens is 370 g/mol. The van der Waals surface area contributed by atoms with Crippen molar-refractivity contribution in [1.82, 2.24) is 15.2 Å². The van der Waals surface area contributed by atoms with Crippen molar-refractivity contribution in [3.05, 3.63) is 71.4 Å². The second-order valence-corrected chi connectivity index (χ2v) is 7.03. The van der Waals surface area contributed by atoms with Gasteiger partial charge >= 0.3 is 5.97 Å². The van der Waals surface area contributed by atoms with Gasteiger partial charge in [-0.2, -0.15) is 0 Å². The molecule has 148 valence electrons. The van der Waals surface area contributed by atoms with E-state index in [9.17, 15) is 14.4 Å². The van der Waals surface area contributed by atoms with E-state index in [-0.39, 0.29) is 18.9 Å². The number of hydrogen-bond acceptors (Lipinski definition) is 4. The quantitative estimate of drug-likeness (QED) is 0.629. The van der Waals surface area contributed by atoms with Gasteiger partial charge in [-0.3, -0.25) is 9.59 Å². The summed E-state index contributed by atoms with van der Waals surface area (Å²) in [6, 6.07) is 14.2. The lowest BCUT2D eigenvalue weighted by molar-refractivity contribution is -0.145. The van der Waals surface area contributed by atoms with Crippen LogP contribution < -0.4 is 5.32 Å². The molecule has 2 heterocycles. The molecular formula is C22H21N3O4. The normalized spacial score (nSPS) is 14.0. The number of esters is 1. The zero-order chi connectivity index (χ0) is 20.4. The number of hydrogen-bond donors (Lipinski definition) is 2. The average molecular weight is 391 g/mol. The van der Waals surface area contributed by atoms with Crippen LogP contribution in [-0.4, -0.2) is 47.4 Å². The van der Waals surface area contributed by atoms with Crippen molar-refractivity contribution in [2.45, 2.75) is 19.0 Å². The number of nitrogens with one attached hydrogen (secondary N) is 2. The zero-order valence-corrected chi connectivity index (χ0v) is 16.0. The minimum absolute atomic E-state index is 0.116. The number of aromatic nitrogens is 1. The predicted octanol–water partition coefficient (Wildman–Crippen LogP) is 2.02. The van der Waals surface area contributed by atoms with E-state index in [4.69, 9.17) is 4.74 Å². The summed E-state index contributed by atoms with van der Waals surface area (Å²) in [4.78, 5) is 42.0. The summed E-state index contributed by atoms with van der Waals surface area (Å²) in [5.74, 6) is -1.11. The first-order chi connectivity index (χ1) is 14.1. The number of methoxy groups -OCH3 is 1. The average Bonchev–Trinajstić information content (AvgIpc) is 3.28. The predicted molar refractivity (Wildman–Crippen MR) is 107 cm³/mol. The minimum Gasteiger partial charge on any atom is -0.467 e. The molecule has 0 spiro atoms. The first kappa shape index (κ1) is 18.7. The smallest absolute Gasteiger partial charge is 0.328 e. The number of nitrogens with zero attached hydrogens (tertiary/aromatic N) is 1. The molecule has 0 saturated carbocycles. The number of carbonyl (C=O) groups is 3. The van der Waals surface area contributed by atoms with Crippen LogP contribution in [0.4, 0.5) is 0 Å². The molecule has 0 bridgehead atoms. The lowest BCUT2D eigenvalue weighted by Crippen LogP contribution is -2.47. The van der Waals surface area contributed by atoms with Gasteiger partial charge in [0.05, 0.1) is 7.11 Å². The maximum atomic E-state index is 12.6. The Balaban J connectivity index is 1.45. The Morgan fingerprint density at radius 2 is 1.93 bits per heavy atom. The Morgan fingerprint density at radius 3 is 2.72 bits per heavy atom. The molecule has 2 amide bonds. The van der Waals surface area contributed by atoms with Crippen LogP contribution in [0.15, 0.2) is 54.7 Å². The number of carbonyl (C=O) groups excluding carboxylic acids is 3. The van der Waals surface area contributed by atoms with E-state index in [2.05, 4.69) is 10.3 Å². The molecule has 29 heavy (non-hydrogen) atoms. The number of H-pyrrole nitrogens is 1. The molecule has 3 aromatic rings. The minimum atomic E-state index is -0.841. The number of amides is 2. The highest BCUT2D eigenvalue weighted by Gasteiger charge is 2.30. The second kappa shape index (κ2) is 7.79. The molecule has 0 saturated heterocycles. The Kier molecular flexibility index (Phi) is 5.03. The number of benzene rings is 2. The highest BCUT2D eigenvalue weighted by molar-refractivity contribution is 6.00. The van der Waals surface area contributed by atoms with Crippen LogP contribution in [0.5, 0.6) is 0 Å². The largest absolute Gasteiger partial charge is 0.467 e. The second-order valence-electron chi connectivity index (χ2n) is 7.03. The van der Waals surface area contributed by atoms with Gasteiger partial charge in [0, 0.05) is 35.6 Å². The third-order valence-electron chi connectivity index (χ3n) is 5.15. The standard InChI is InChI=1S/C22H21N3O4/c1-29-22(28)19(10-15-11-23-18-9-5-4-7-16(15)18)24-20(26)13-25-12-14-6-2-3-8-17(14)21(25)27/h2-9,11,19,23H,10,12-13H2,1H3,(H,24,26)/t19-/m1/s1. The highest BCUT2D eigenvalue weighted by Crippen LogP contribution is 2.22. The summed E-state index contributed by atoms with van der Waals surface area (Å²) in [7, 11) is 1.29. The molecule has 7 heteroatoms. The van der Waals surface area contributed by atoms with Crippen molar-refractivity contribution in [2.75, 3.05) is 13.7 Å². The number of aromatic amines is 1. The molecule has 1 atom stereocenters. The van der Waals surface area contributed by atoms with Crippen molar-refractivity contribution in [2.24, 2.45) is 0 Å². The van der Waals surface area contributed by atoms with Crippen molar-refractivity contribution >= 4 is 28.7 Å². The molecule has 1 aliphatic rings. The molecule has 4 rings (SSSR count). The maximum absolute atomic E-state index is 12.6. The molecule has 2 N–H and O–H groups in total. The van der Waals surface area contributed by atoms with Gasteiger partial charge in [0.25, 0.3) is 5.91 Å². The van der Waals surface area contributed by atoms with Gasteiger partial charge in [-0.05, 0) is 23.3 Å². The first-order valence-corrected chi connectivity index (χ1v) is 9.36. The van der Waals surface area contributed by atoms with Crippen LogP contribution in [0.2, 0.25) is 0 Å². The molecule has 1 aromatic heterocycles. The van der Waals surface area contributed by atoms with E-state index in [1.54, 1.807) is 12.1 Å². The van der Waals surface area contributed by atoms with Crippen molar-refractivity contribution < 1.29 is 19.1 Å². The fraction of sp³-hybridized carbons (Fsp3) is 0.227. The van der Waals surface area contributed by atoms with Crippen LogP contribution in [0.1, 0.15) is 21.5 Å². The van der Waals surface area contributed by atoms with Crippen LogP contribution >= 0.6 is 0 Å². The van der Waals surface area contributed by atoms with E-state index in [0.717, 1.165) is 22.0 Å². The monoisotopic (exact) mass is 391 g/mol. The summed E-state index contributed by atoms with van der Waals surface area (Å²) in [6.45, 7) is 0.267. The molecule has 0 aliphatic carbocycles. The third-order valence-corrected chi connectivity index (χ3v) is 5.15. The Labute approximate surface area is 167 Å². The van der Waals surface area contributed by atoms with Crippen molar-refractivity contribution in [1.29, 1.82) is 0 Å². The SMILES string of the molecule is COC(=O)[C@@H](Cc1c[nH]c2ccccc12)NC(=O)CN1Cc2ccccc2C1=O. The Hall–Kier alpha value is -3.61. The lowest BCUT2D eigenvalue weighted by atomic mass is 10.0. The molecule has 0 unspecified atom stereocenters. The van der Waals surface area contributed by atoms with Crippen LogP contribution in [0.25, 0.3) is 10.9 Å². The molecule has 1 aliphatic heterocycles. The van der Waals surface area contributed by atoms with E-state index in [0.29, 0.717) is 12.1 Å². The summed E-state index contributed by atoms with van der Waals surface area (Å²) in [6.07, 6.45) is 2.12. The zero-order valence-electron chi connectivity index (χ0n) is 16.0. The van der Waals surface area contributed by atoms with Gasteiger partial charge in [0.15, 0.2) is 0 Å². The number of rotatable bonds is 6. The lowest BCUT2D eigenvalue weighted by Gasteiger charge is -2.19. The van der Waals surface area contributed by atoms with Gasteiger partial charge in [0.2, 0.25) is 5.91 Å². The molecule has 7 nitrogen and oxygen atoms in total. The van der Waals surface area contributed by atoms with Gasteiger partial charge in [-0.25, -0.2) is 4.79 Å². The molecule has 0 radical (unpaired) electrons. The van der Waals surface area contributed by atoms with Crippen LogP contribution in [0, 0.1) is 0 Å². The number of ether oxygens (including phenoxy) is 1. The summed E-state index contributed by atoms with van der Waals surface area (Å²) in [5.41, 5.74) is 3.37. The summed E-state index contributed by atoms with van der Waals surface area (Å²) >= 11 is 0. The molecule has 2 aromatic carbocycles. The topological polar surface area (TPSA) is 91.5 Å². The van der Waals surface area contributed by atoms with Crippen LogP contribution in [0.3, 0.4) is 0 Å². The maximum Gasteiger partial charge on any atom is 0.328 e. The third kappa shape index (κ3) is 3.71. The summed E-state index contributed by atoms with van der Waals surface area (Å²) < 4.78 is 4.87. The van der Waals surface area contributed by atoms with Crippen molar-refractivity contribution in [3.63, 3.8) is 0 Å². The van der Waals surface area contributed by atoms with Crippen molar-refractivity contribution in [3.8, 4) is 0 Å². The van der Waals surface area contributed by atoms with Gasteiger partial charge in [-0.15, -0.1) is 0 Å². The van der Waals surface area contributed by atoms with E-state index in [1.807, 2.05) is 42.6 Å². The fourth-order valence-electron chi connectivity index (χ4n) is 3.71. The molecule has 0 fully saturated rings. The van der Waals surface area contributed by atoms with E-state index >= 15 is 0 Å². The van der Waals surface area contributed by atoms with E-state index < -0.39 is 17.9 Å². The first-order valence-electron chi connectivity index (χ1n) is 9.36. The summed E-state index contributed by atoms with van der Waals surface area (Å²) in [5, 5.41) is 3.71. The number of fused-ring (bicyclic) bond motifs is 2. The Bertz CT molecular complexity index is 1090. The van der Waals surface area contributed by atoms with Gasteiger partial charge in [0.1, 0.15) is 12.6 Å². The van der Waals surface area contributed by atoms with Gasteiger partial charge < -0.3 is 19.9 Å².